The highest BCUT2D eigenvalue weighted by Crippen LogP contribution is 2.23. The third kappa shape index (κ3) is 3.97. The zero-order valence-corrected chi connectivity index (χ0v) is 15.5. The first-order chi connectivity index (χ1) is 12.1. The Morgan fingerprint density at radius 2 is 1.68 bits per heavy atom. The van der Waals surface area contributed by atoms with Crippen LogP contribution in [0.2, 0.25) is 0 Å². The van der Waals surface area contributed by atoms with Crippen molar-refractivity contribution in [2.24, 2.45) is 0 Å². The lowest BCUT2D eigenvalue weighted by molar-refractivity contribution is 0.0785. The molecule has 4 heteroatoms. The first kappa shape index (κ1) is 17.4. The molecule has 1 amide bonds. The van der Waals surface area contributed by atoms with Gasteiger partial charge in [0.1, 0.15) is 5.75 Å². The molecule has 0 aliphatic rings. The maximum Gasteiger partial charge on any atom is 0.253 e. The minimum atomic E-state index is 0.0301. The number of hydrogen-bond acceptors (Lipinski definition) is 3. The number of carbonyl (C=O) groups excluding carboxylic acids is 1. The lowest BCUT2D eigenvalue weighted by atomic mass is 10.1. The number of thioether (sulfide) groups is 1. The molecule has 0 heterocycles. The Labute approximate surface area is 152 Å². The molecule has 0 N–H and O–H groups in total. The van der Waals surface area contributed by atoms with Crippen LogP contribution >= 0.6 is 11.8 Å². The molecule has 0 aliphatic heterocycles. The number of benzene rings is 3. The van der Waals surface area contributed by atoms with Crippen LogP contribution in [0.3, 0.4) is 0 Å². The van der Waals surface area contributed by atoms with Crippen molar-refractivity contribution in [1.82, 2.24) is 4.90 Å². The van der Waals surface area contributed by atoms with Gasteiger partial charge in [-0.25, -0.2) is 0 Å². The predicted molar refractivity (Wildman–Crippen MR) is 105 cm³/mol. The lowest BCUT2D eigenvalue weighted by Crippen LogP contribution is -2.26. The molecule has 0 spiro atoms. The van der Waals surface area contributed by atoms with Crippen LogP contribution < -0.4 is 4.74 Å². The normalized spacial score (nSPS) is 10.7. The molecule has 0 unspecified atom stereocenters. The number of rotatable bonds is 5. The highest BCUT2D eigenvalue weighted by atomic mass is 32.2. The Bertz CT molecular complexity index is 890. The summed E-state index contributed by atoms with van der Waals surface area (Å²) in [5.74, 6) is 0.878. The fourth-order valence-electron chi connectivity index (χ4n) is 2.80. The molecule has 0 saturated heterocycles. The Morgan fingerprint density at radius 1 is 1.00 bits per heavy atom. The van der Waals surface area contributed by atoms with E-state index in [0.29, 0.717) is 12.1 Å². The van der Waals surface area contributed by atoms with E-state index in [1.165, 1.54) is 0 Å². The Kier molecular flexibility index (Phi) is 5.29. The summed E-state index contributed by atoms with van der Waals surface area (Å²) in [5, 5.41) is 2.27. The molecular weight excluding hydrogens is 330 g/mol. The van der Waals surface area contributed by atoms with E-state index in [0.717, 1.165) is 27.0 Å². The summed E-state index contributed by atoms with van der Waals surface area (Å²) in [7, 11) is 3.50. The van der Waals surface area contributed by atoms with E-state index < -0.39 is 0 Å². The number of nitrogens with zero attached hydrogens (tertiary/aromatic N) is 1. The van der Waals surface area contributed by atoms with Crippen molar-refractivity contribution in [2.45, 2.75) is 11.4 Å². The van der Waals surface area contributed by atoms with Gasteiger partial charge in [0.2, 0.25) is 0 Å². The number of hydrogen-bond donors (Lipinski definition) is 0. The van der Waals surface area contributed by atoms with E-state index in [9.17, 15) is 4.79 Å². The number of carbonyl (C=O) groups is 1. The SMILES string of the molecule is COc1ccc2cc(CN(C)C(=O)c3ccc(SC)cc3)ccc2c1. The maximum absolute atomic E-state index is 12.6. The molecular formula is C21H21NO2S. The van der Waals surface area contributed by atoms with E-state index in [1.54, 1.807) is 23.8 Å². The largest absolute Gasteiger partial charge is 0.497 e. The van der Waals surface area contributed by atoms with Gasteiger partial charge in [0.15, 0.2) is 0 Å². The average Bonchev–Trinajstić information content (AvgIpc) is 2.67. The monoisotopic (exact) mass is 351 g/mol. The summed E-state index contributed by atoms with van der Waals surface area (Å²) < 4.78 is 5.26. The quantitative estimate of drug-likeness (QED) is 0.616. The van der Waals surface area contributed by atoms with Gasteiger partial charge in [0, 0.05) is 24.1 Å². The molecule has 0 atom stereocenters. The van der Waals surface area contributed by atoms with Crippen molar-refractivity contribution in [2.75, 3.05) is 20.4 Å². The van der Waals surface area contributed by atoms with Gasteiger partial charge in [-0.2, -0.15) is 0 Å². The van der Waals surface area contributed by atoms with Crippen molar-refractivity contribution < 1.29 is 9.53 Å². The summed E-state index contributed by atoms with van der Waals surface area (Å²) >= 11 is 1.67. The second-order valence-electron chi connectivity index (χ2n) is 5.94. The Morgan fingerprint density at radius 3 is 2.36 bits per heavy atom. The van der Waals surface area contributed by atoms with Gasteiger partial charge in [-0.15, -0.1) is 11.8 Å². The number of ether oxygens (including phenoxy) is 1. The van der Waals surface area contributed by atoms with E-state index in [4.69, 9.17) is 4.74 Å². The second kappa shape index (κ2) is 7.62. The molecule has 3 aromatic rings. The summed E-state index contributed by atoms with van der Waals surface area (Å²) in [5.41, 5.74) is 1.82. The van der Waals surface area contributed by atoms with Crippen LogP contribution in [0.1, 0.15) is 15.9 Å². The second-order valence-corrected chi connectivity index (χ2v) is 6.82. The third-order valence-electron chi connectivity index (χ3n) is 4.22. The van der Waals surface area contributed by atoms with Gasteiger partial charge >= 0.3 is 0 Å². The average molecular weight is 351 g/mol. The fourth-order valence-corrected chi connectivity index (χ4v) is 3.21. The molecule has 3 rings (SSSR count). The van der Waals surface area contributed by atoms with Crippen molar-refractivity contribution >= 4 is 28.4 Å². The van der Waals surface area contributed by atoms with Crippen LogP contribution in [0.15, 0.2) is 65.6 Å². The maximum atomic E-state index is 12.6. The molecule has 0 aliphatic carbocycles. The van der Waals surface area contributed by atoms with Crippen molar-refractivity contribution in [3.8, 4) is 5.75 Å². The van der Waals surface area contributed by atoms with Gasteiger partial charge in [-0.3, -0.25) is 4.79 Å². The number of fused-ring (bicyclic) bond motifs is 1. The smallest absolute Gasteiger partial charge is 0.253 e. The fraction of sp³-hybridized carbons (Fsp3) is 0.190. The lowest BCUT2D eigenvalue weighted by Gasteiger charge is -2.18. The van der Waals surface area contributed by atoms with Crippen LogP contribution in [0.25, 0.3) is 10.8 Å². The van der Waals surface area contributed by atoms with Crippen molar-refractivity contribution in [3.05, 3.63) is 71.8 Å². The van der Waals surface area contributed by atoms with Crippen molar-refractivity contribution in [1.29, 1.82) is 0 Å². The van der Waals surface area contributed by atoms with Crippen LogP contribution in [-0.4, -0.2) is 31.2 Å². The molecule has 0 aromatic heterocycles. The number of methoxy groups -OCH3 is 1. The summed E-state index contributed by atoms with van der Waals surface area (Å²) in [6, 6.07) is 20.0. The Balaban J connectivity index is 1.76. The topological polar surface area (TPSA) is 29.5 Å². The van der Waals surface area contributed by atoms with Gasteiger partial charge in [0.25, 0.3) is 5.91 Å². The summed E-state index contributed by atoms with van der Waals surface area (Å²) in [4.78, 5) is 15.5. The van der Waals surface area contributed by atoms with Gasteiger partial charge in [-0.05, 0) is 65.1 Å². The van der Waals surface area contributed by atoms with Crippen LogP contribution in [0, 0.1) is 0 Å². The van der Waals surface area contributed by atoms with Crippen LogP contribution in [-0.2, 0) is 6.54 Å². The highest BCUT2D eigenvalue weighted by molar-refractivity contribution is 7.98. The zero-order chi connectivity index (χ0) is 17.8. The number of amides is 1. The van der Waals surface area contributed by atoms with Crippen molar-refractivity contribution in [3.63, 3.8) is 0 Å². The molecule has 25 heavy (non-hydrogen) atoms. The molecule has 128 valence electrons. The molecule has 0 radical (unpaired) electrons. The minimum Gasteiger partial charge on any atom is -0.497 e. The minimum absolute atomic E-state index is 0.0301. The molecule has 0 saturated carbocycles. The predicted octanol–water partition coefficient (Wildman–Crippen LogP) is 4.84. The first-order valence-corrected chi connectivity index (χ1v) is 9.29. The highest BCUT2D eigenvalue weighted by Gasteiger charge is 2.12. The molecule has 3 aromatic carbocycles. The third-order valence-corrected chi connectivity index (χ3v) is 4.96. The van der Waals surface area contributed by atoms with Crippen LogP contribution in [0.4, 0.5) is 0 Å². The molecule has 0 bridgehead atoms. The summed E-state index contributed by atoms with van der Waals surface area (Å²) in [6.07, 6.45) is 2.03. The molecule has 3 nitrogen and oxygen atoms in total. The van der Waals surface area contributed by atoms with Gasteiger partial charge in [0.05, 0.1) is 7.11 Å². The standard InChI is InChI=1S/C21H21NO2S/c1-22(21(23)16-7-10-20(25-3)11-8-16)14-15-4-5-18-13-19(24-2)9-6-17(18)12-15/h4-13H,14H2,1-3H3. The van der Waals surface area contributed by atoms with E-state index in [2.05, 4.69) is 18.2 Å². The van der Waals surface area contributed by atoms with E-state index in [1.807, 2.05) is 55.8 Å². The van der Waals surface area contributed by atoms with E-state index in [-0.39, 0.29) is 5.91 Å². The summed E-state index contributed by atoms with van der Waals surface area (Å²) in [6.45, 7) is 0.574. The van der Waals surface area contributed by atoms with Crippen LogP contribution in [0.5, 0.6) is 5.75 Å². The Hall–Kier alpha value is -2.46. The van der Waals surface area contributed by atoms with E-state index >= 15 is 0 Å². The van der Waals surface area contributed by atoms with Gasteiger partial charge < -0.3 is 9.64 Å². The zero-order valence-electron chi connectivity index (χ0n) is 14.7. The van der Waals surface area contributed by atoms with Gasteiger partial charge in [-0.1, -0.05) is 18.2 Å². The molecule has 0 fully saturated rings. The first-order valence-electron chi connectivity index (χ1n) is 8.07.